The van der Waals surface area contributed by atoms with E-state index in [1.807, 2.05) is 72.8 Å². The van der Waals surface area contributed by atoms with Crippen molar-refractivity contribution in [2.75, 3.05) is 0 Å². The SMILES string of the molecule is N=C1c2c(-c3ccccc3)cc(-c3ccccc3)nc2S[C@@]1(C(=O)O)c1ccccc1. The highest BCUT2D eigenvalue weighted by atomic mass is 32.2. The van der Waals surface area contributed by atoms with E-state index in [9.17, 15) is 9.90 Å². The summed E-state index contributed by atoms with van der Waals surface area (Å²) in [6.45, 7) is 0. The molecule has 0 bridgehead atoms. The number of carboxylic acids is 1. The molecule has 0 spiro atoms. The fourth-order valence-corrected chi connectivity index (χ4v) is 5.26. The fourth-order valence-electron chi connectivity index (χ4n) is 3.96. The van der Waals surface area contributed by atoms with Gasteiger partial charge in [0.2, 0.25) is 0 Å². The van der Waals surface area contributed by atoms with Gasteiger partial charge in [-0.25, -0.2) is 9.78 Å². The number of aromatic nitrogens is 1. The lowest BCUT2D eigenvalue weighted by Crippen LogP contribution is -2.37. The zero-order valence-corrected chi connectivity index (χ0v) is 17.3. The molecule has 0 saturated heterocycles. The second kappa shape index (κ2) is 7.52. The van der Waals surface area contributed by atoms with Crippen LogP contribution in [-0.2, 0) is 9.54 Å². The molecule has 1 aromatic heterocycles. The Balaban J connectivity index is 1.78. The van der Waals surface area contributed by atoms with E-state index < -0.39 is 10.7 Å². The van der Waals surface area contributed by atoms with Crippen LogP contribution >= 0.6 is 11.8 Å². The number of aliphatic carboxylic acids is 1. The smallest absolute Gasteiger partial charge is 0.331 e. The summed E-state index contributed by atoms with van der Waals surface area (Å²) >= 11 is 1.14. The molecule has 5 heteroatoms. The minimum atomic E-state index is -1.53. The Kier molecular flexibility index (Phi) is 4.68. The number of pyridine rings is 1. The van der Waals surface area contributed by atoms with Gasteiger partial charge in [-0.05, 0) is 22.8 Å². The van der Waals surface area contributed by atoms with Gasteiger partial charge in [-0.2, -0.15) is 0 Å². The average molecular weight is 423 g/mol. The predicted octanol–water partition coefficient (Wildman–Crippen LogP) is 5.87. The quantitative estimate of drug-likeness (QED) is 0.431. The van der Waals surface area contributed by atoms with Crippen LogP contribution in [0.4, 0.5) is 0 Å². The van der Waals surface area contributed by atoms with Crippen molar-refractivity contribution in [3.05, 3.63) is 108 Å². The molecule has 150 valence electrons. The number of carbonyl (C=O) groups is 1. The van der Waals surface area contributed by atoms with Crippen molar-refractivity contribution in [2.45, 2.75) is 9.77 Å². The summed E-state index contributed by atoms with van der Waals surface area (Å²) in [5.74, 6) is -1.06. The molecule has 0 fully saturated rings. The van der Waals surface area contributed by atoms with Gasteiger partial charge in [-0.1, -0.05) is 103 Å². The molecule has 4 nitrogen and oxygen atoms in total. The van der Waals surface area contributed by atoms with Crippen LogP contribution in [-0.4, -0.2) is 21.8 Å². The van der Waals surface area contributed by atoms with Crippen molar-refractivity contribution in [3.8, 4) is 22.4 Å². The number of carboxylic acid groups (broad SMARTS) is 1. The number of benzene rings is 3. The molecule has 0 saturated carbocycles. The zero-order valence-electron chi connectivity index (χ0n) is 16.4. The largest absolute Gasteiger partial charge is 0.480 e. The normalized spacial score (nSPS) is 17.4. The van der Waals surface area contributed by atoms with E-state index in [0.29, 0.717) is 16.2 Å². The number of fused-ring (bicyclic) bond motifs is 1. The summed E-state index contributed by atoms with van der Waals surface area (Å²) in [5, 5.41) is 19.9. The first-order chi connectivity index (χ1) is 15.1. The van der Waals surface area contributed by atoms with Crippen molar-refractivity contribution >= 4 is 23.4 Å². The number of rotatable bonds is 4. The molecule has 0 aliphatic carbocycles. The van der Waals surface area contributed by atoms with Crippen LogP contribution in [0.2, 0.25) is 0 Å². The highest BCUT2D eigenvalue weighted by molar-refractivity contribution is 8.02. The monoisotopic (exact) mass is 422 g/mol. The standard InChI is InChI=1S/C26H18N2O2S/c27-23-22-20(17-10-4-1-5-11-17)16-21(18-12-6-2-7-13-18)28-24(22)31-26(23,25(29)30)19-14-8-3-9-15-19/h1-16,27H,(H,29,30)/t26-/m0/s1. The topological polar surface area (TPSA) is 74.0 Å². The van der Waals surface area contributed by atoms with E-state index in [1.165, 1.54) is 0 Å². The number of hydrogen-bond donors (Lipinski definition) is 2. The molecule has 1 aliphatic heterocycles. The van der Waals surface area contributed by atoms with Gasteiger partial charge >= 0.3 is 5.97 Å². The summed E-state index contributed by atoms with van der Waals surface area (Å²) in [6.07, 6.45) is 0. The first-order valence-corrected chi connectivity index (χ1v) is 10.7. The van der Waals surface area contributed by atoms with E-state index in [1.54, 1.807) is 24.3 Å². The van der Waals surface area contributed by atoms with E-state index in [4.69, 9.17) is 10.4 Å². The molecule has 1 aliphatic rings. The third-order valence-corrected chi connectivity index (χ3v) is 6.88. The average Bonchev–Trinajstić information content (AvgIpc) is 3.14. The van der Waals surface area contributed by atoms with E-state index in [-0.39, 0.29) is 5.71 Å². The Morgan fingerprint density at radius 1 is 0.839 bits per heavy atom. The van der Waals surface area contributed by atoms with Crippen LogP contribution in [0.15, 0.2) is 102 Å². The third kappa shape index (κ3) is 3.05. The molecule has 1 atom stereocenters. The minimum Gasteiger partial charge on any atom is -0.480 e. The van der Waals surface area contributed by atoms with Crippen LogP contribution in [0.3, 0.4) is 0 Å². The van der Waals surface area contributed by atoms with E-state index in [0.717, 1.165) is 34.1 Å². The van der Waals surface area contributed by atoms with Gasteiger partial charge in [0, 0.05) is 11.1 Å². The van der Waals surface area contributed by atoms with Crippen molar-refractivity contribution < 1.29 is 9.90 Å². The second-order valence-corrected chi connectivity index (χ2v) is 8.50. The van der Waals surface area contributed by atoms with Gasteiger partial charge < -0.3 is 10.5 Å². The Morgan fingerprint density at radius 3 is 1.97 bits per heavy atom. The maximum absolute atomic E-state index is 12.6. The van der Waals surface area contributed by atoms with Crippen LogP contribution in [0.5, 0.6) is 0 Å². The third-order valence-electron chi connectivity index (χ3n) is 5.47. The highest BCUT2D eigenvalue weighted by Crippen LogP contribution is 2.53. The van der Waals surface area contributed by atoms with Gasteiger partial charge in [-0.3, -0.25) is 0 Å². The van der Waals surface area contributed by atoms with Gasteiger partial charge in [0.25, 0.3) is 0 Å². The number of hydrogen-bond acceptors (Lipinski definition) is 4. The second-order valence-electron chi connectivity index (χ2n) is 7.30. The molecule has 3 aromatic carbocycles. The summed E-state index contributed by atoms with van der Waals surface area (Å²) in [6, 6.07) is 30.5. The predicted molar refractivity (Wildman–Crippen MR) is 124 cm³/mol. The van der Waals surface area contributed by atoms with E-state index >= 15 is 0 Å². The number of thioether (sulfide) groups is 1. The molecule has 0 radical (unpaired) electrons. The Labute approximate surface area is 184 Å². The molecule has 0 unspecified atom stereocenters. The van der Waals surface area contributed by atoms with Crippen molar-refractivity contribution in [3.63, 3.8) is 0 Å². The minimum absolute atomic E-state index is 0.0529. The Morgan fingerprint density at radius 2 is 1.39 bits per heavy atom. The lowest BCUT2D eigenvalue weighted by atomic mass is 9.86. The van der Waals surface area contributed by atoms with Crippen LogP contribution in [0.25, 0.3) is 22.4 Å². The van der Waals surface area contributed by atoms with E-state index in [2.05, 4.69) is 0 Å². The molecule has 31 heavy (non-hydrogen) atoms. The summed E-state index contributed by atoms with van der Waals surface area (Å²) < 4.78 is -1.53. The molecule has 4 aromatic rings. The summed E-state index contributed by atoms with van der Waals surface area (Å²) in [4.78, 5) is 17.4. The van der Waals surface area contributed by atoms with Crippen LogP contribution in [0, 0.1) is 5.41 Å². The Hall–Kier alpha value is -3.70. The first kappa shape index (κ1) is 19.3. The number of nitrogens with one attached hydrogen (secondary N) is 1. The van der Waals surface area contributed by atoms with Crippen molar-refractivity contribution in [2.24, 2.45) is 0 Å². The van der Waals surface area contributed by atoms with Crippen LogP contribution < -0.4 is 0 Å². The first-order valence-electron chi connectivity index (χ1n) is 9.84. The molecular weight excluding hydrogens is 404 g/mol. The van der Waals surface area contributed by atoms with Gasteiger partial charge in [0.1, 0.15) is 5.03 Å². The van der Waals surface area contributed by atoms with Gasteiger partial charge in [0.15, 0.2) is 4.75 Å². The Bertz CT molecular complexity index is 1290. The summed E-state index contributed by atoms with van der Waals surface area (Å²) in [7, 11) is 0. The highest BCUT2D eigenvalue weighted by Gasteiger charge is 2.53. The van der Waals surface area contributed by atoms with Crippen molar-refractivity contribution in [1.82, 2.24) is 4.98 Å². The molecule has 2 heterocycles. The lowest BCUT2D eigenvalue weighted by molar-refractivity contribution is -0.138. The lowest BCUT2D eigenvalue weighted by Gasteiger charge is -2.23. The molecular formula is C26H18N2O2S. The zero-order chi connectivity index (χ0) is 21.4. The van der Waals surface area contributed by atoms with Gasteiger partial charge in [0.05, 0.1) is 11.4 Å². The maximum atomic E-state index is 12.6. The summed E-state index contributed by atoms with van der Waals surface area (Å²) in [5.41, 5.74) is 4.66. The number of nitrogens with zero attached hydrogens (tertiary/aromatic N) is 1. The maximum Gasteiger partial charge on any atom is 0.331 e. The molecule has 2 N–H and O–H groups in total. The van der Waals surface area contributed by atoms with Crippen LogP contribution in [0.1, 0.15) is 11.1 Å². The van der Waals surface area contributed by atoms with Crippen molar-refractivity contribution in [1.29, 1.82) is 5.41 Å². The van der Waals surface area contributed by atoms with Gasteiger partial charge in [-0.15, -0.1) is 0 Å². The fraction of sp³-hybridized carbons (Fsp3) is 0.0385. The molecule has 0 amide bonds. The molecule has 5 rings (SSSR count).